The molecular formula is C24H17BrClNO6S2. The highest BCUT2D eigenvalue weighted by molar-refractivity contribution is 9.10. The van der Waals surface area contributed by atoms with E-state index >= 15 is 0 Å². The highest BCUT2D eigenvalue weighted by atomic mass is 79.9. The third-order valence-corrected chi connectivity index (χ3v) is 7.66. The van der Waals surface area contributed by atoms with Gasteiger partial charge in [-0.05, 0) is 72.4 Å². The molecule has 0 radical (unpaired) electrons. The van der Waals surface area contributed by atoms with Crippen molar-refractivity contribution in [2.24, 2.45) is 0 Å². The van der Waals surface area contributed by atoms with Gasteiger partial charge >= 0.3 is 10.1 Å². The Labute approximate surface area is 219 Å². The lowest BCUT2D eigenvalue weighted by Crippen LogP contribution is -2.32. The molecule has 1 aliphatic rings. The average Bonchev–Trinajstić information content (AvgIpc) is 3.10. The molecule has 0 N–H and O–H groups in total. The molecule has 0 bridgehead atoms. The van der Waals surface area contributed by atoms with Gasteiger partial charge in [0.25, 0.3) is 11.1 Å². The van der Waals surface area contributed by atoms with Crippen LogP contribution in [0.3, 0.4) is 0 Å². The number of hydrogen-bond donors (Lipinski definition) is 0. The van der Waals surface area contributed by atoms with Crippen LogP contribution in [0.5, 0.6) is 11.5 Å². The molecule has 3 aromatic carbocycles. The van der Waals surface area contributed by atoms with Crippen molar-refractivity contribution in [3.05, 3.63) is 92.8 Å². The van der Waals surface area contributed by atoms with Crippen LogP contribution in [0, 0.1) is 0 Å². The number of carbonyl (C=O) groups excluding carboxylic acids is 2. The van der Waals surface area contributed by atoms with Gasteiger partial charge in [0, 0.05) is 15.1 Å². The van der Waals surface area contributed by atoms with Gasteiger partial charge in [-0.1, -0.05) is 45.7 Å². The lowest BCUT2D eigenvalue weighted by atomic mass is 10.2. The number of carbonyl (C=O) groups is 2. The summed E-state index contributed by atoms with van der Waals surface area (Å²) in [5.41, 5.74) is 0.321. The van der Waals surface area contributed by atoms with Crippen molar-refractivity contribution in [1.29, 1.82) is 0 Å². The number of amides is 2. The van der Waals surface area contributed by atoms with Crippen LogP contribution in [0.1, 0.15) is 5.56 Å². The maximum Gasteiger partial charge on any atom is 0.339 e. The second kappa shape index (κ2) is 10.9. The van der Waals surface area contributed by atoms with Crippen LogP contribution in [0.15, 0.2) is 87.1 Å². The lowest BCUT2D eigenvalue weighted by molar-refractivity contribution is -0.123. The summed E-state index contributed by atoms with van der Waals surface area (Å²) in [5, 5.41) is 0.122. The van der Waals surface area contributed by atoms with Gasteiger partial charge in [0.15, 0.2) is 0 Å². The first kappa shape index (κ1) is 25.3. The number of benzene rings is 3. The Bertz CT molecular complexity index is 1400. The maximum atomic E-state index is 12.9. The second-order valence-corrected chi connectivity index (χ2v) is 11.1. The average molecular weight is 595 g/mol. The highest BCUT2D eigenvalue weighted by Crippen LogP contribution is 2.35. The van der Waals surface area contributed by atoms with Gasteiger partial charge in [0.2, 0.25) is 0 Å². The topological polar surface area (TPSA) is 90.0 Å². The van der Waals surface area contributed by atoms with E-state index in [9.17, 15) is 18.0 Å². The van der Waals surface area contributed by atoms with E-state index in [1.165, 1.54) is 24.3 Å². The van der Waals surface area contributed by atoms with Crippen LogP contribution < -0.4 is 8.92 Å². The zero-order valence-corrected chi connectivity index (χ0v) is 21.9. The molecular weight excluding hydrogens is 578 g/mol. The van der Waals surface area contributed by atoms with Crippen LogP contribution in [-0.4, -0.2) is 37.6 Å². The summed E-state index contributed by atoms with van der Waals surface area (Å²) in [4.78, 5) is 26.5. The molecule has 35 heavy (non-hydrogen) atoms. The molecule has 0 atom stereocenters. The van der Waals surface area contributed by atoms with Gasteiger partial charge in [-0.15, -0.1) is 0 Å². The van der Waals surface area contributed by atoms with Gasteiger partial charge in [-0.25, -0.2) is 0 Å². The summed E-state index contributed by atoms with van der Waals surface area (Å²) in [5.74, 6) is 0.0823. The van der Waals surface area contributed by atoms with Crippen molar-refractivity contribution in [3.63, 3.8) is 0 Å². The number of ether oxygens (including phenoxy) is 1. The Balaban J connectivity index is 1.51. The molecule has 3 aromatic rings. The summed E-state index contributed by atoms with van der Waals surface area (Å²) in [6.07, 6.45) is 1.44. The molecule has 1 heterocycles. The minimum atomic E-state index is -4.10. The molecule has 7 nitrogen and oxygen atoms in total. The van der Waals surface area contributed by atoms with Gasteiger partial charge in [-0.2, -0.15) is 8.42 Å². The Morgan fingerprint density at radius 3 is 2.43 bits per heavy atom. The number of halogens is 2. The Hall–Kier alpha value is -2.79. The van der Waals surface area contributed by atoms with E-state index in [-0.39, 0.29) is 28.7 Å². The highest BCUT2D eigenvalue weighted by Gasteiger charge is 2.35. The number of nitrogens with zero attached hydrogens (tertiary/aromatic N) is 1. The fourth-order valence-electron chi connectivity index (χ4n) is 3.08. The Morgan fingerprint density at radius 1 is 1.00 bits per heavy atom. The molecule has 0 aliphatic carbocycles. The minimum absolute atomic E-state index is 0.00474. The van der Waals surface area contributed by atoms with Crippen molar-refractivity contribution in [1.82, 2.24) is 4.90 Å². The zero-order chi connectivity index (χ0) is 25.0. The third-order valence-electron chi connectivity index (χ3n) is 4.76. The molecule has 0 aromatic heterocycles. The third kappa shape index (κ3) is 6.26. The van der Waals surface area contributed by atoms with E-state index < -0.39 is 21.3 Å². The number of hydrogen-bond acceptors (Lipinski definition) is 7. The standard InChI is InChI=1S/C24H17BrClNO6S2/c25-17-6-11-21(33-35(30,31)20-4-2-1-3-5-20)16(14-17)15-22-23(28)27(24(29)34-22)12-13-32-19-9-7-18(26)8-10-19/h1-11,14-15H,12-13H2/b22-15-. The molecule has 180 valence electrons. The van der Waals surface area contributed by atoms with Crippen LogP contribution in [-0.2, 0) is 14.9 Å². The first-order valence-electron chi connectivity index (χ1n) is 10.2. The van der Waals surface area contributed by atoms with Crippen molar-refractivity contribution in [2.45, 2.75) is 4.90 Å². The van der Waals surface area contributed by atoms with Crippen LogP contribution in [0.25, 0.3) is 6.08 Å². The van der Waals surface area contributed by atoms with E-state index in [4.69, 9.17) is 20.5 Å². The molecule has 2 amide bonds. The first-order valence-corrected chi connectivity index (χ1v) is 13.6. The first-order chi connectivity index (χ1) is 16.7. The molecule has 0 spiro atoms. The van der Waals surface area contributed by atoms with Crippen LogP contribution in [0.4, 0.5) is 4.79 Å². The van der Waals surface area contributed by atoms with Gasteiger partial charge in [0.1, 0.15) is 23.0 Å². The van der Waals surface area contributed by atoms with Gasteiger partial charge < -0.3 is 8.92 Å². The van der Waals surface area contributed by atoms with Crippen molar-refractivity contribution in [2.75, 3.05) is 13.2 Å². The Morgan fingerprint density at radius 2 is 1.71 bits per heavy atom. The summed E-state index contributed by atoms with van der Waals surface area (Å²) >= 11 is 9.95. The minimum Gasteiger partial charge on any atom is -0.492 e. The fourth-order valence-corrected chi connectivity index (χ4v) is 5.42. The monoisotopic (exact) mass is 593 g/mol. The van der Waals surface area contributed by atoms with E-state index in [1.807, 2.05) is 0 Å². The Kier molecular flexibility index (Phi) is 7.85. The summed E-state index contributed by atoms with van der Waals surface area (Å²) in [6, 6.07) is 19.1. The quantitative estimate of drug-likeness (QED) is 0.234. The summed E-state index contributed by atoms with van der Waals surface area (Å²) in [6.45, 7) is 0.155. The summed E-state index contributed by atoms with van der Waals surface area (Å²) in [7, 11) is -4.10. The molecule has 1 saturated heterocycles. The molecule has 0 unspecified atom stereocenters. The van der Waals surface area contributed by atoms with Crippen LogP contribution in [0.2, 0.25) is 5.02 Å². The maximum absolute atomic E-state index is 12.9. The van der Waals surface area contributed by atoms with Crippen molar-refractivity contribution in [3.8, 4) is 11.5 Å². The largest absolute Gasteiger partial charge is 0.492 e. The number of rotatable bonds is 8. The molecule has 4 rings (SSSR count). The number of thioether (sulfide) groups is 1. The van der Waals surface area contributed by atoms with E-state index in [0.29, 0.717) is 20.8 Å². The number of imide groups is 1. The predicted molar refractivity (Wildman–Crippen MR) is 138 cm³/mol. The van der Waals surface area contributed by atoms with E-state index in [2.05, 4.69) is 15.9 Å². The fraction of sp³-hybridized carbons (Fsp3) is 0.0833. The lowest BCUT2D eigenvalue weighted by Gasteiger charge is -2.13. The normalized spacial score (nSPS) is 15.0. The predicted octanol–water partition coefficient (Wildman–Crippen LogP) is 5.99. The molecule has 11 heteroatoms. The van der Waals surface area contributed by atoms with E-state index in [0.717, 1.165) is 16.7 Å². The van der Waals surface area contributed by atoms with Crippen molar-refractivity contribution < 1.29 is 26.9 Å². The summed E-state index contributed by atoms with van der Waals surface area (Å²) < 4.78 is 37.0. The SMILES string of the molecule is O=C1S/C(=C\c2cc(Br)ccc2OS(=O)(=O)c2ccccc2)C(=O)N1CCOc1ccc(Cl)cc1. The smallest absolute Gasteiger partial charge is 0.339 e. The van der Waals surface area contributed by atoms with Crippen molar-refractivity contribution >= 4 is 66.6 Å². The van der Waals surface area contributed by atoms with Crippen LogP contribution >= 0.6 is 39.3 Å². The van der Waals surface area contributed by atoms with Gasteiger partial charge in [0.05, 0.1) is 11.4 Å². The van der Waals surface area contributed by atoms with Gasteiger partial charge in [-0.3, -0.25) is 14.5 Å². The zero-order valence-electron chi connectivity index (χ0n) is 17.9. The molecule has 1 fully saturated rings. The second-order valence-electron chi connectivity index (χ2n) is 7.17. The molecule has 0 saturated carbocycles. The molecule has 1 aliphatic heterocycles. The van der Waals surface area contributed by atoms with E-state index in [1.54, 1.807) is 54.6 Å².